The number of carbonyl (C=O) groups is 1. The number of aromatic carboxylic acids is 1. The Hall–Kier alpha value is -1.45. The third-order valence-corrected chi connectivity index (χ3v) is 1.29. The zero-order chi connectivity index (χ0) is 7.72. The van der Waals surface area contributed by atoms with E-state index in [2.05, 4.69) is 4.98 Å². The molecule has 4 heteroatoms. The lowest BCUT2D eigenvalue weighted by Gasteiger charge is -1.84. The number of rotatable bonds is 1. The minimum absolute atomic E-state index is 0.134. The van der Waals surface area contributed by atoms with Crippen molar-refractivity contribution >= 4 is 11.7 Å². The zero-order valence-electron chi connectivity index (χ0n) is 5.51. The number of hydrogen-bond acceptors (Lipinski definition) is 2. The number of nitrogens with two attached hydrogens (primary N) is 1. The van der Waals surface area contributed by atoms with Gasteiger partial charge in [0.2, 0.25) is 0 Å². The summed E-state index contributed by atoms with van der Waals surface area (Å²) in [5, 5.41) is 8.44. The number of nitrogens with one attached hydrogen (secondary N) is 1. The predicted octanol–water partition coefficient (Wildman–Crippen LogP) is 0.604. The van der Waals surface area contributed by atoms with Crippen LogP contribution in [0.5, 0.6) is 0 Å². The highest BCUT2D eigenvalue weighted by molar-refractivity contribution is 5.87. The minimum Gasteiger partial charge on any atom is -0.477 e. The fourth-order valence-corrected chi connectivity index (χ4v) is 0.689. The second-order valence-electron chi connectivity index (χ2n) is 2.07. The molecule has 0 aliphatic rings. The van der Waals surface area contributed by atoms with Crippen molar-refractivity contribution in [2.45, 2.75) is 6.92 Å². The third-order valence-electron chi connectivity index (χ3n) is 1.29. The van der Waals surface area contributed by atoms with Gasteiger partial charge in [0, 0.05) is 5.69 Å². The van der Waals surface area contributed by atoms with Crippen molar-refractivity contribution < 1.29 is 9.90 Å². The van der Waals surface area contributed by atoms with Crippen molar-refractivity contribution in [1.82, 2.24) is 4.98 Å². The number of carboxylic acids is 1. The molecular formula is C6H8N2O2. The topological polar surface area (TPSA) is 79.1 Å². The van der Waals surface area contributed by atoms with E-state index in [0.717, 1.165) is 0 Å². The van der Waals surface area contributed by atoms with Crippen LogP contribution in [0.2, 0.25) is 0 Å². The first-order valence-electron chi connectivity index (χ1n) is 2.79. The first-order valence-corrected chi connectivity index (χ1v) is 2.79. The Labute approximate surface area is 57.7 Å². The Bertz CT molecular complexity index is 245. The molecule has 0 saturated heterocycles. The molecule has 0 fully saturated rings. The van der Waals surface area contributed by atoms with Crippen LogP contribution in [-0.4, -0.2) is 16.1 Å². The zero-order valence-corrected chi connectivity index (χ0v) is 5.51. The smallest absolute Gasteiger partial charge is 0.352 e. The first-order chi connectivity index (χ1) is 4.61. The molecule has 10 heavy (non-hydrogen) atoms. The van der Waals surface area contributed by atoms with Gasteiger partial charge in [-0.25, -0.2) is 4.79 Å². The molecule has 0 aliphatic heterocycles. The largest absolute Gasteiger partial charge is 0.477 e. The maximum Gasteiger partial charge on any atom is 0.352 e. The molecule has 0 bridgehead atoms. The number of hydrogen-bond donors (Lipinski definition) is 3. The molecule has 0 amide bonds. The standard InChI is InChI=1S/C6H8N2O2/c1-3-4(7)2-5(8-3)6(9)10/h2,8H,7H2,1H3,(H,9,10). The summed E-state index contributed by atoms with van der Waals surface area (Å²) in [6.07, 6.45) is 0. The molecule has 0 unspecified atom stereocenters. The molecule has 0 aromatic carbocycles. The second-order valence-corrected chi connectivity index (χ2v) is 2.07. The van der Waals surface area contributed by atoms with Crippen LogP contribution in [0.3, 0.4) is 0 Å². The Morgan fingerprint density at radius 1 is 1.80 bits per heavy atom. The minimum atomic E-state index is -0.986. The van der Waals surface area contributed by atoms with Gasteiger partial charge in [-0.2, -0.15) is 0 Å². The van der Waals surface area contributed by atoms with E-state index in [0.29, 0.717) is 11.4 Å². The third kappa shape index (κ3) is 0.953. The molecule has 4 nitrogen and oxygen atoms in total. The number of aromatic nitrogens is 1. The predicted molar refractivity (Wildman–Crippen MR) is 36.9 cm³/mol. The first kappa shape index (κ1) is 6.67. The van der Waals surface area contributed by atoms with Gasteiger partial charge in [-0.3, -0.25) is 0 Å². The van der Waals surface area contributed by atoms with Crippen molar-refractivity contribution in [3.8, 4) is 0 Å². The molecule has 0 aliphatic carbocycles. The molecule has 0 saturated carbocycles. The van der Waals surface area contributed by atoms with Gasteiger partial charge in [-0.05, 0) is 13.0 Å². The van der Waals surface area contributed by atoms with Gasteiger partial charge in [-0.15, -0.1) is 0 Å². The summed E-state index contributed by atoms with van der Waals surface area (Å²) in [5.41, 5.74) is 6.69. The summed E-state index contributed by atoms with van der Waals surface area (Å²) >= 11 is 0. The van der Waals surface area contributed by atoms with E-state index in [1.165, 1.54) is 6.07 Å². The van der Waals surface area contributed by atoms with Gasteiger partial charge < -0.3 is 15.8 Å². The maximum atomic E-state index is 10.3. The van der Waals surface area contributed by atoms with Crippen LogP contribution in [0.15, 0.2) is 6.07 Å². The Morgan fingerprint density at radius 2 is 2.40 bits per heavy atom. The normalized spacial score (nSPS) is 9.70. The van der Waals surface area contributed by atoms with Crippen molar-refractivity contribution in [2.75, 3.05) is 5.73 Å². The van der Waals surface area contributed by atoms with Gasteiger partial charge >= 0.3 is 5.97 Å². The van der Waals surface area contributed by atoms with Crippen LogP contribution < -0.4 is 5.73 Å². The molecule has 1 aromatic rings. The Balaban J connectivity index is 3.10. The van der Waals surface area contributed by atoms with E-state index in [-0.39, 0.29) is 5.69 Å². The van der Waals surface area contributed by atoms with Crippen molar-refractivity contribution in [3.63, 3.8) is 0 Å². The van der Waals surface area contributed by atoms with Crippen LogP contribution in [0.4, 0.5) is 5.69 Å². The highest BCUT2D eigenvalue weighted by Crippen LogP contribution is 2.10. The number of H-pyrrole nitrogens is 1. The summed E-state index contributed by atoms with van der Waals surface area (Å²) in [7, 11) is 0. The molecular weight excluding hydrogens is 132 g/mol. The Kier molecular flexibility index (Phi) is 1.37. The SMILES string of the molecule is Cc1[nH]c(C(=O)O)cc1N. The van der Waals surface area contributed by atoms with E-state index in [1.54, 1.807) is 6.92 Å². The van der Waals surface area contributed by atoms with Crippen molar-refractivity contribution in [2.24, 2.45) is 0 Å². The molecule has 0 radical (unpaired) electrons. The number of carboxylic acid groups (broad SMARTS) is 1. The maximum absolute atomic E-state index is 10.3. The molecule has 1 aromatic heterocycles. The quantitative estimate of drug-likeness (QED) is 0.534. The second kappa shape index (κ2) is 2.06. The average Bonchev–Trinajstić information content (AvgIpc) is 2.13. The van der Waals surface area contributed by atoms with Gasteiger partial charge in [0.15, 0.2) is 0 Å². The molecule has 54 valence electrons. The summed E-state index contributed by atoms with van der Waals surface area (Å²) in [6, 6.07) is 1.40. The van der Waals surface area contributed by atoms with E-state index >= 15 is 0 Å². The average molecular weight is 140 g/mol. The fraction of sp³-hybridized carbons (Fsp3) is 0.167. The molecule has 0 atom stereocenters. The monoisotopic (exact) mass is 140 g/mol. The van der Waals surface area contributed by atoms with Gasteiger partial charge in [0.25, 0.3) is 0 Å². The highest BCUT2D eigenvalue weighted by Gasteiger charge is 2.06. The van der Waals surface area contributed by atoms with Crippen LogP contribution in [0.25, 0.3) is 0 Å². The molecule has 1 rings (SSSR count). The Morgan fingerprint density at radius 3 is 2.60 bits per heavy atom. The number of anilines is 1. The van der Waals surface area contributed by atoms with Crippen molar-refractivity contribution in [3.05, 3.63) is 17.5 Å². The summed E-state index contributed by atoms with van der Waals surface area (Å²) in [6.45, 7) is 1.72. The number of nitrogen functional groups attached to an aromatic ring is 1. The number of aryl methyl sites for hydroxylation is 1. The summed E-state index contributed by atoms with van der Waals surface area (Å²) in [5.74, 6) is -0.986. The van der Waals surface area contributed by atoms with Gasteiger partial charge in [0.05, 0.1) is 5.69 Å². The summed E-state index contributed by atoms with van der Waals surface area (Å²) < 4.78 is 0. The summed E-state index contributed by atoms with van der Waals surface area (Å²) in [4.78, 5) is 12.9. The van der Waals surface area contributed by atoms with Crippen LogP contribution in [0, 0.1) is 6.92 Å². The van der Waals surface area contributed by atoms with E-state index < -0.39 is 5.97 Å². The molecule has 4 N–H and O–H groups in total. The molecule has 0 spiro atoms. The van der Waals surface area contributed by atoms with Crippen LogP contribution in [0.1, 0.15) is 16.2 Å². The van der Waals surface area contributed by atoms with E-state index in [9.17, 15) is 4.79 Å². The lowest BCUT2D eigenvalue weighted by Crippen LogP contribution is -1.95. The van der Waals surface area contributed by atoms with Gasteiger partial charge in [-0.1, -0.05) is 0 Å². The van der Waals surface area contributed by atoms with Crippen molar-refractivity contribution in [1.29, 1.82) is 0 Å². The van der Waals surface area contributed by atoms with E-state index in [4.69, 9.17) is 10.8 Å². The van der Waals surface area contributed by atoms with Crippen LogP contribution >= 0.6 is 0 Å². The highest BCUT2D eigenvalue weighted by atomic mass is 16.4. The lowest BCUT2D eigenvalue weighted by molar-refractivity contribution is 0.0691. The van der Waals surface area contributed by atoms with E-state index in [1.807, 2.05) is 0 Å². The molecule has 1 heterocycles. The van der Waals surface area contributed by atoms with Crippen LogP contribution in [-0.2, 0) is 0 Å². The van der Waals surface area contributed by atoms with Gasteiger partial charge in [0.1, 0.15) is 5.69 Å². The number of aromatic amines is 1. The lowest BCUT2D eigenvalue weighted by atomic mass is 10.4. The fourth-order valence-electron chi connectivity index (χ4n) is 0.689.